The first-order chi connectivity index (χ1) is 13.7. The summed E-state index contributed by atoms with van der Waals surface area (Å²) in [6.07, 6.45) is 6.10. The van der Waals surface area contributed by atoms with Crippen LogP contribution in [0.1, 0.15) is 51.0 Å². The van der Waals surface area contributed by atoms with E-state index in [1.807, 2.05) is 19.1 Å². The third kappa shape index (κ3) is 4.58. The topological polar surface area (TPSA) is 56.8 Å². The van der Waals surface area contributed by atoms with Crippen LogP contribution in [0.15, 0.2) is 29.8 Å². The Balaban J connectivity index is 1.49. The highest BCUT2D eigenvalue weighted by molar-refractivity contribution is 5.98. The molecule has 3 heterocycles. The van der Waals surface area contributed by atoms with Gasteiger partial charge >= 0.3 is 5.97 Å². The smallest absolute Gasteiger partial charge is 0.334 e. The Hall–Kier alpha value is -1.85. The molecule has 3 aliphatic heterocycles. The van der Waals surface area contributed by atoms with Gasteiger partial charge in [0, 0.05) is 30.9 Å². The fourth-order valence-corrected chi connectivity index (χ4v) is 4.56. The average Bonchev–Trinajstić information content (AvgIpc) is 3.07. The maximum atomic E-state index is 12.6. The van der Waals surface area contributed by atoms with Crippen molar-refractivity contribution in [2.24, 2.45) is 5.92 Å². The minimum Gasteiger partial charge on any atom is -0.493 e. The van der Waals surface area contributed by atoms with E-state index in [4.69, 9.17) is 14.2 Å². The minimum atomic E-state index is -0.160. The van der Waals surface area contributed by atoms with Crippen molar-refractivity contribution in [1.29, 1.82) is 0 Å². The van der Waals surface area contributed by atoms with Gasteiger partial charge in [0.2, 0.25) is 0 Å². The number of fused-ring (bicyclic) bond motifs is 2. The van der Waals surface area contributed by atoms with E-state index in [1.165, 1.54) is 6.42 Å². The Morgan fingerprint density at radius 1 is 1.07 bits per heavy atom. The van der Waals surface area contributed by atoms with Crippen molar-refractivity contribution in [2.75, 3.05) is 26.4 Å². The van der Waals surface area contributed by atoms with Crippen LogP contribution in [0.25, 0.3) is 5.57 Å². The molecule has 2 bridgehead atoms. The van der Waals surface area contributed by atoms with Gasteiger partial charge in [-0.1, -0.05) is 12.1 Å². The van der Waals surface area contributed by atoms with Crippen LogP contribution in [-0.2, 0) is 14.3 Å². The van der Waals surface area contributed by atoms with Crippen LogP contribution in [0.4, 0.5) is 0 Å². The van der Waals surface area contributed by atoms with Crippen LogP contribution in [0.5, 0.6) is 5.75 Å². The number of hydrogen-bond donors (Lipinski definition) is 1. The molecule has 5 heteroatoms. The second kappa shape index (κ2) is 9.10. The molecule has 2 saturated heterocycles. The van der Waals surface area contributed by atoms with Gasteiger partial charge in [0.15, 0.2) is 0 Å². The zero-order valence-electron chi connectivity index (χ0n) is 16.7. The molecule has 28 heavy (non-hydrogen) atoms. The molecule has 0 aliphatic carbocycles. The van der Waals surface area contributed by atoms with Gasteiger partial charge in [0.05, 0.1) is 13.2 Å². The van der Waals surface area contributed by atoms with Gasteiger partial charge in [0.1, 0.15) is 5.75 Å². The molecule has 2 fully saturated rings. The lowest BCUT2D eigenvalue weighted by molar-refractivity contribution is -0.138. The Labute approximate surface area is 167 Å². The first kappa shape index (κ1) is 19.5. The van der Waals surface area contributed by atoms with E-state index >= 15 is 0 Å². The van der Waals surface area contributed by atoms with Crippen molar-refractivity contribution in [2.45, 2.75) is 57.5 Å². The number of ether oxygens (including phenoxy) is 3. The first-order valence-electron chi connectivity index (χ1n) is 10.7. The molecule has 1 aromatic carbocycles. The van der Waals surface area contributed by atoms with E-state index < -0.39 is 0 Å². The van der Waals surface area contributed by atoms with Crippen molar-refractivity contribution >= 4 is 11.5 Å². The number of benzene rings is 1. The lowest BCUT2D eigenvalue weighted by Gasteiger charge is -2.22. The van der Waals surface area contributed by atoms with Crippen molar-refractivity contribution in [3.63, 3.8) is 0 Å². The highest BCUT2D eigenvalue weighted by atomic mass is 16.5. The molecule has 1 aromatic rings. The van der Waals surface area contributed by atoms with Crippen molar-refractivity contribution < 1.29 is 19.0 Å². The fourth-order valence-electron chi connectivity index (χ4n) is 4.56. The number of nitrogens with one attached hydrogen (secondary N) is 1. The number of carbonyl (C=O) groups excluding carboxylic acids is 1. The Bertz CT molecular complexity index is 706. The molecule has 0 radical (unpaired) electrons. The molecule has 2 unspecified atom stereocenters. The molecule has 4 rings (SSSR count). The molecule has 1 N–H and O–H groups in total. The summed E-state index contributed by atoms with van der Waals surface area (Å²) in [7, 11) is 0. The first-order valence-corrected chi connectivity index (χ1v) is 10.7. The van der Waals surface area contributed by atoms with Crippen molar-refractivity contribution in [3.8, 4) is 5.75 Å². The Morgan fingerprint density at radius 3 is 2.50 bits per heavy atom. The molecule has 152 valence electrons. The second-order valence-electron chi connectivity index (χ2n) is 8.11. The quantitative estimate of drug-likeness (QED) is 0.757. The highest BCUT2D eigenvalue weighted by Gasteiger charge is 2.33. The summed E-state index contributed by atoms with van der Waals surface area (Å²) in [6.45, 7) is 4.70. The van der Waals surface area contributed by atoms with Gasteiger partial charge in [-0.05, 0) is 74.6 Å². The molecule has 5 nitrogen and oxygen atoms in total. The number of rotatable bonds is 6. The zero-order valence-corrected chi connectivity index (χ0v) is 16.7. The molecular weight excluding hydrogens is 354 g/mol. The molecular formula is C23H31NO4. The van der Waals surface area contributed by atoms with E-state index in [9.17, 15) is 4.79 Å². The largest absolute Gasteiger partial charge is 0.493 e. The summed E-state index contributed by atoms with van der Waals surface area (Å²) >= 11 is 0. The summed E-state index contributed by atoms with van der Waals surface area (Å²) in [5, 5.41) is 3.66. The second-order valence-corrected chi connectivity index (χ2v) is 8.11. The SMILES string of the molecule is CCOC(=O)C1=C(c2ccc(OCC3CCOCC3)cc2)CC2CCC(C1)N2. The molecule has 3 aliphatic rings. The Morgan fingerprint density at radius 2 is 1.79 bits per heavy atom. The molecule has 0 saturated carbocycles. The summed E-state index contributed by atoms with van der Waals surface area (Å²) in [6, 6.07) is 9.09. The van der Waals surface area contributed by atoms with Gasteiger partial charge in [-0.25, -0.2) is 4.79 Å². The third-order valence-electron chi connectivity index (χ3n) is 6.15. The van der Waals surface area contributed by atoms with Crippen LogP contribution in [0.3, 0.4) is 0 Å². The monoisotopic (exact) mass is 385 g/mol. The predicted molar refractivity (Wildman–Crippen MR) is 108 cm³/mol. The summed E-state index contributed by atoms with van der Waals surface area (Å²) in [5.74, 6) is 1.31. The third-order valence-corrected chi connectivity index (χ3v) is 6.15. The van der Waals surface area contributed by atoms with E-state index in [1.54, 1.807) is 0 Å². The lowest BCUT2D eigenvalue weighted by Crippen LogP contribution is -2.27. The van der Waals surface area contributed by atoms with Gasteiger partial charge in [0.25, 0.3) is 0 Å². The van der Waals surface area contributed by atoms with Crippen molar-refractivity contribution in [3.05, 3.63) is 35.4 Å². The van der Waals surface area contributed by atoms with Crippen LogP contribution in [0.2, 0.25) is 0 Å². The predicted octanol–water partition coefficient (Wildman–Crippen LogP) is 3.72. The normalized spacial score (nSPS) is 25.5. The molecule has 0 spiro atoms. The molecule has 0 amide bonds. The molecule has 2 atom stereocenters. The maximum Gasteiger partial charge on any atom is 0.334 e. The van der Waals surface area contributed by atoms with Gasteiger partial charge in [-0.15, -0.1) is 0 Å². The van der Waals surface area contributed by atoms with Gasteiger partial charge < -0.3 is 19.5 Å². The Kier molecular flexibility index (Phi) is 6.33. The van der Waals surface area contributed by atoms with Gasteiger partial charge in [-0.2, -0.15) is 0 Å². The lowest BCUT2D eigenvalue weighted by atomic mass is 9.89. The zero-order chi connectivity index (χ0) is 19.3. The van der Waals surface area contributed by atoms with E-state index in [0.29, 0.717) is 24.6 Å². The number of carbonyl (C=O) groups is 1. The molecule has 0 aromatic heterocycles. The van der Waals surface area contributed by atoms with Crippen LogP contribution < -0.4 is 10.1 Å². The van der Waals surface area contributed by atoms with E-state index in [2.05, 4.69) is 17.4 Å². The minimum absolute atomic E-state index is 0.160. The number of esters is 1. The fraction of sp³-hybridized carbons (Fsp3) is 0.609. The van der Waals surface area contributed by atoms with Crippen molar-refractivity contribution in [1.82, 2.24) is 5.32 Å². The van der Waals surface area contributed by atoms with Crippen LogP contribution >= 0.6 is 0 Å². The summed E-state index contributed by atoms with van der Waals surface area (Å²) in [5.41, 5.74) is 3.09. The summed E-state index contributed by atoms with van der Waals surface area (Å²) in [4.78, 5) is 12.6. The summed E-state index contributed by atoms with van der Waals surface area (Å²) < 4.78 is 16.8. The van der Waals surface area contributed by atoms with E-state index in [-0.39, 0.29) is 5.97 Å². The average molecular weight is 386 g/mol. The van der Waals surface area contributed by atoms with Crippen LogP contribution in [-0.4, -0.2) is 44.5 Å². The standard InChI is InChI=1S/C23H31NO4/c1-2-27-23(25)22-14-19-6-5-18(24-19)13-21(22)17-3-7-20(8-4-17)28-15-16-9-11-26-12-10-16/h3-4,7-8,16,18-19,24H,2,5-6,9-15H2,1H3. The maximum absolute atomic E-state index is 12.6. The van der Waals surface area contributed by atoms with Crippen LogP contribution in [0, 0.1) is 5.92 Å². The number of hydrogen-bond acceptors (Lipinski definition) is 5. The highest BCUT2D eigenvalue weighted by Crippen LogP contribution is 2.36. The van der Waals surface area contributed by atoms with E-state index in [0.717, 1.165) is 74.4 Å². The van der Waals surface area contributed by atoms with Gasteiger partial charge in [-0.3, -0.25) is 0 Å².